The van der Waals surface area contributed by atoms with Crippen LogP contribution in [0.25, 0.3) is 0 Å². The number of halogens is 3. The number of guanidine groups is 1. The van der Waals surface area contributed by atoms with Gasteiger partial charge < -0.3 is 29.7 Å². The van der Waals surface area contributed by atoms with E-state index >= 15 is 0 Å². The minimum atomic E-state index is -2.92. The molecule has 1 fully saturated rings. The van der Waals surface area contributed by atoms with Gasteiger partial charge in [-0.05, 0) is 44.8 Å². The number of hydrogen-bond donors (Lipinski definition) is 2. The summed E-state index contributed by atoms with van der Waals surface area (Å²) >= 11 is 0. The maximum atomic E-state index is 12.8. The highest BCUT2D eigenvalue weighted by Gasteiger charge is 2.20. The van der Waals surface area contributed by atoms with Crippen LogP contribution in [0.5, 0.6) is 17.2 Å². The highest BCUT2D eigenvalue weighted by atomic mass is 127. The molecule has 0 bridgehead atoms. The SMILES string of the molecule is CCNC(=NCc1cc2c(cc1OC(F)F)OCO2)NCC(C)CN1CCCC1.I. The number of alkyl halides is 2. The van der Waals surface area contributed by atoms with E-state index in [0.29, 0.717) is 35.5 Å². The van der Waals surface area contributed by atoms with Crippen LogP contribution in [0.2, 0.25) is 0 Å². The third-order valence-electron chi connectivity index (χ3n) is 4.91. The van der Waals surface area contributed by atoms with Crippen LogP contribution >= 0.6 is 24.0 Å². The average molecular weight is 540 g/mol. The molecule has 0 aromatic heterocycles. The first-order valence-electron chi connectivity index (χ1n) is 10.2. The molecule has 0 radical (unpaired) electrons. The van der Waals surface area contributed by atoms with Crippen molar-refractivity contribution in [3.8, 4) is 17.2 Å². The van der Waals surface area contributed by atoms with Crippen molar-refractivity contribution in [2.45, 2.75) is 39.8 Å². The number of ether oxygens (including phenoxy) is 3. The molecule has 2 aliphatic heterocycles. The molecule has 0 saturated carbocycles. The van der Waals surface area contributed by atoms with Crippen LogP contribution in [0.15, 0.2) is 17.1 Å². The van der Waals surface area contributed by atoms with E-state index in [-0.39, 0.29) is 43.1 Å². The highest BCUT2D eigenvalue weighted by molar-refractivity contribution is 14.0. The smallest absolute Gasteiger partial charge is 0.387 e. The first-order chi connectivity index (χ1) is 14.0. The van der Waals surface area contributed by atoms with Crippen molar-refractivity contribution in [2.24, 2.45) is 10.9 Å². The van der Waals surface area contributed by atoms with E-state index in [1.54, 1.807) is 6.07 Å². The summed E-state index contributed by atoms with van der Waals surface area (Å²) in [4.78, 5) is 7.02. The fourth-order valence-electron chi connectivity index (χ4n) is 3.54. The van der Waals surface area contributed by atoms with Crippen LogP contribution < -0.4 is 24.8 Å². The molecular weight excluding hydrogens is 509 g/mol. The number of rotatable bonds is 9. The molecule has 0 spiro atoms. The summed E-state index contributed by atoms with van der Waals surface area (Å²) in [6, 6.07) is 3.07. The van der Waals surface area contributed by atoms with Gasteiger partial charge in [0.1, 0.15) is 5.75 Å². The summed E-state index contributed by atoms with van der Waals surface area (Å²) < 4.78 is 40.8. The summed E-state index contributed by atoms with van der Waals surface area (Å²) in [6.45, 7) is 6.40. The van der Waals surface area contributed by atoms with Gasteiger partial charge in [0.15, 0.2) is 17.5 Å². The van der Waals surface area contributed by atoms with Crippen molar-refractivity contribution >= 4 is 29.9 Å². The Morgan fingerprint density at radius 3 is 2.57 bits per heavy atom. The number of aliphatic imine (C=N–C) groups is 1. The fourth-order valence-corrected chi connectivity index (χ4v) is 3.54. The van der Waals surface area contributed by atoms with Crippen molar-refractivity contribution in [3.05, 3.63) is 17.7 Å². The van der Waals surface area contributed by atoms with E-state index in [9.17, 15) is 8.78 Å². The lowest BCUT2D eigenvalue weighted by molar-refractivity contribution is -0.0505. The summed E-state index contributed by atoms with van der Waals surface area (Å²) in [5, 5.41) is 6.54. The molecule has 0 aliphatic carbocycles. The third kappa shape index (κ3) is 7.29. The zero-order valence-electron chi connectivity index (χ0n) is 17.5. The number of nitrogens with one attached hydrogen (secondary N) is 2. The largest absolute Gasteiger partial charge is 0.454 e. The molecule has 1 saturated heterocycles. The van der Waals surface area contributed by atoms with Gasteiger partial charge in [0.2, 0.25) is 6.79 Å². The Bertz CT molecular complexity index is 703. The lowest BCUT2D eigenvalue weighted by atomic mass is 10.1. The molecule has 30 heavy (non-hydrogen) atoms. The number of hydrogen-bond acceptors (Lipinski definition) is 5. The average Bonchev–Trinajstić information content (AvgIpc) is 3.34. The third-order valence-corrected chi connectivity index (χ3v) is 4.91. The van der Waals surface area contributed by atoms with E-state index in [0.717, 1.165) is 13.1 Å². The first-order valence-corrected chi connectivity index (χ1v) is 10.2. The van der Waals surface area contributed by atoms with E-state index in [4.69, 9.17) is 9.47 Å². The van der Waals surface area contributed by atoms with Crippen LogP contribution in [0.1, 0.15) is 32.3 Å². The zero-order valence-corrected chi connectivity index (χ0v) is 19.8. The molecular formula is C20H31F2IN4O3. The van der Waals surface area contributed by atoms with Gasteiger partial charge in [-0.2, -0.15) is 8.78 Å². The lowest BCUT2D eigenvalue weighted by Crippen LogP contribution is -2.41. The van der Waals surface area contributed by atoms with Crippen molar-refractivity contribution in [1.29, 1.82) is 0 Å². The second kappa shape index (κ2) is 12.3. The Morgan fingerprint density at radius 1 is 1.20 bits per heavy atom. The van der Waals surface area contributed by atoms with Crippen molar-refractivity contribution in [2.75, 3.05) is 39.5 Å². The predicted octanol–water partition coefficient (Wildman–Crippen LogP) is 3.42. The second-order valence-electron chi connectivity index (χ2n) is 7.38. The summed E-state index contributed by atoms with van der Waals surface area (Å²) in [5.74, 6) is 2.07. The number of benzene rings is 1. The molecule has 2 N–H and O–H groups in total. The van der Waals surface area contributed by atoms with Crippen LogP contribution in [0.4, 0.5) is 8.78 Å². The Hall–Kier alpha value is -1.56. The number of fused-ring (bicyclic) bond motifs is 1. The Labute approximate surface area is 193 Å². The molecule has 7 nitrogen and oxygen atoms in total. The van der Waals surface area contributed by atoms with Gasteiger partial charge in [0.25, 0.3) is 0 Å². The van der Waals surface area contributed by atoms with Gasteiger partial charge in [-0.1, -0.05) is 6.92 Å². The van der Waals surface area contributed by atoms with Crippen LogP contribution in [-0.2, 0) is 6.54 Å². The highest BCUT2D eigenvalue weighted by Crippen LogP contribution is 2.39. The molecule has 1 unspecified atom stereocenters. The molecule has 0 amide bonds. The normalized spacial score (nSPS) is 17.0. The topological polar surface area (TPSA) is 67.4 Å². The Kier molecular flexibility index (Phi) is 10.2. The van der Waals surface area contributed by atoms with E-state index in [1.165, 1.54) is 32.0 Å². The predicted molar refractivity (Wildman–Crippen MR) is 122 cm³/mol. The minimum Gasteiger partial charge on any atom is -0.454 e. The zero-order chi connectivity index (χ0) is 20.6. The molecule has 3 rings (SSSR count). The van der Waals surface area contributed by atoms with Gasteiger partial charge in [-0.25, -0.2) is 4.99 Å². The quantitative estimate of drug-likeness (QED) is 0.285. The van der Waals surface area contributed by atoms with Crippen molar-refractivity contribution in [3.63, 3.8) is 0 Å². The van der Waals surface area contributed by atoms with E-state index in [2.05, 4.69) is 32.2 Å². The van der Waals surface area contributed by atoms with Crippen LogP contribution in [0.3, 0.4) is 0 Å². The summed E-state index contributed by atoms with van der Waals surface area (Å²) in [7, 11) is 0. The molecule has 1 atom stereocenters. The van der Waals surface area contributed by atoms with Gasteiger partial charge >= 0.3 is 6.61 Å². The standard InChI is InChI=1S/C20H30F2N4O3.HI/c1-3-23-20(24-10-14(2)12-26-6-4-5-7-26)25-11-15-8-17-18(28-13-27-17)9-16(15)29-19(21)22;/h8-9,14,19H,3-7,10-13H2,1-2H3,(H2,23,24,25);1H. The maximum absolute atomic E-state index is 12.8. The van der Waals surface area contributed by atoms with Gasteiger partial charge in [-0.3, -0.25) is 0 Å². The molecule has 1 aromatic carbocycles. The fraction of sp³-hybridized carbons (Fsp3) is 0.650. The van der Waals surface area contributed by atoms with E-state index in [1.807, 2.05) is 6.92 Å². The van der Waals surface area contributed by atoms with E-state index < -0.39 is 6.61 Å². The Balaban J connectivity index is 0.00000320. The minimum absolute atomic E-state index is 0. The van der Waals surface area contributed by atoms with Crippen LogP contribution in [0, 0.1) is 5.92 Å². The van der Waals surface area contributed by atoms with Crippen molar-refractivity contribution < 1.29 is 23.0 Å². The molecule has 2 aliphatic rings. The Morgan fingerprint density at radius 2 is 1.90 bits per heavy atom. The molecule has 10 heteroatoms. The number of likely N-dealkylation sites (tertiary alicyclic amines) is 1. The number of nitrogens with zero attached hydrogens (tertiary/aromatic N) is 2. The van der Waals surface area contributed by atoms with Gasteiger partial charge in [0.05, 0.1) is 6.54 Å². The molecule has 1 aromatic rings. The summed E-state index contributed by atoms with van der Waals surface area (Å²) in [5.41, 5.74) is 0.511. The maximum Gasteiger partial charge on any atom is 0.387 e. The molecule has 2 heterocycles. The van der Waals surface area contributed by atoms with Gasteiger partial charge in [0, 0.05) is 31.3 Å². The first kappa shape index (κ1) is 24.7. The van der Waals surface area contributed by atoms with Gasteiger partial charge in [-0.15, -0.1) is 24.0 Å². The van der Waals surface area contributed by atoms with Crippen molar-refractivity contribution in [1.82, 2.24) is 15.5 Å². The second-order valence-corrected chi connectivity index (χ2v) is 7.38. The molecule has 170 valence electrons. The monoisotopic (exact) mass is 540 g/mol. The summed E-state index contributed by atoms with van der Waals surface area (Å²) in [6.07, 6.45) is 2.56. The lowest BCUT2D eigenvalue weighted by Gasteiger charge is -2.21. The van der Waals surface area contributed by atoms with Crippen LogP contribution in [-0.4, -0.2) is 57.0 Å².